The Hall–Kier alpha value is -4.08. The first kappa shape index (κ1) is 17.7. The minimum absolute atomic E-state index is 0.0480. The fourth-order valence-corrected chi connectivity index (χ4v) is 2.47. The summed E-state index contributed by atoms with van der Waals surface area (Å²) in [6, 6.07) is 12.0. The van der Waals surface area contributed by atoms with Gasteiger partial charge in [-0.2, -0.15) is 0 Å². The van der Waals surface area contributed by atoms with E-state index in [1.165, 1.54) is 43.6 Å². The number of rotatable bonds is 6. The number of oxime groups is 1. The molecule has 136 valence electrons. The number of imidazole rings is 1. The van der Waals surface area contributed by atoms with E-state index >= 15 is 0 Å². The third-order valence-electron chi connectivity index (χ3n) is 3.68. The van der Waals surface area contributed by atoms with Gasteiger partial charge in [0.05, 0.1) is 21.7 Å². The Morgan fingerprint density at radius 3 is 2.41 bits per heavy atom. The molecule has 0 aliphatic carbocycles. The van der Waals surface area contributed by atoms with Crippen molar-refractivity contribution in [1.29, 1.82) is 0 Å². The second-order valence-electron chi connectivity index (χ2n) is 5.38. The Bertz CT molecular complexity index is 1040. The maximum Gasteiger partial charge on any atom is 0.270 e. The van der Waals surface area contributed by atoms with E-state index in [2.05, 4.69) is 15.1 Å². The Kier molecular flexibility index (Phi) is 4.88. The van der Waals surface area contributed by atoms with E-state index in [0.717, 1.165) is 0 Å². The molecule has 10 heteroatoms. The molecule has 0 atom stereocenters. The lowest BCUT2D eigenvalue weighted by atomic mass is 10.1. The summed E-state index contributed by atoms with van der Waals surface area (Å²) in [5.74, 6) is 0.304. The number of aromatic amines is 1. The minimum Gasteiger partial charge on any atom is -0.399 e. The molecule has 3 aromatic rings. The van der Waals surface area contributed by atoms with Crippen LogP contribution in [0.2, 0.25) is 0 Å². The van der Waals surface area contributed by atoms with E-state index in [1.54, 1.807) is 18.2 Å². The van der Waals surface area contributed by atoms with E-state index in [-0.39, 0.29) is 17.1 Å². The lowest BCUT2D eigenvalue weighted by molar-refractivity contribution is -0.385. The largest absolute Gasteiger partial charge is 0.399 e. The van der Waals surface area contributed by atoms with Gasteiger partial charge in [0.15, 0.2) is 11.5 Å². The van der Waals surface area contributed by atoms with Crippen LogP contribution < -0.4 is 0 Å². The first-order chi connectivity index (χ1) is 13.0. The van der Waals surface area contributed by atoms with Crippen molar-refractivity contribution >= 4 is 17.1 Å². The predicted molar refractivity (Wildman–Crippen MR) is 96.4 cm³/mol. The van der Waals surface area contributed by atoms with Crippen molar-refractivity contribution in [3.05, 3.63) is 86.3 Å². The maximum absolute atomic E-state index is 11.0. The third kappa shape index (κ3) is 3.79. The zero-order valence-electron chi connectivity index (χ0n) is 14.0. The molecule has 0 unspecified atom stereocenters. The Morgan fingerprint density at radius 1 is 1.07 bits per heavy atom. The number of hydrogen-bond acceptors (Lipinski definition) is 7. The second kappa shape index (κ2) is 7.44. The molecule has 3 rings (SSSR count). The van der Waals surface area contributed by atoms with Crippen LogP contribution in [0.4, 0.5) is 11.4 Å². The van der Waals surface area contributed by atoms with Crippen LogP contribution in [0.15, 0.2) is 59.9 Å². The topological polar surface area (TPSA) is 137 Å². The summed E-state index contributed by atoms with van der Waals surface area (Å²) in [5, 5.41) is 25.9. The Morgan fingerprint density at radius 2 is 1.74 bits per heavy atom. The van der Waals surface area contributed by atoms with Crippen LogP contribution >= 0.6 is 0 Å². The highest BCUT2D eigenvalue weighted by Gasteiger charge is 2.17. The van der Waals surface area contributed by atoms with Crippen molar-refractivity contribution in [2.75, 3.05) is 7.11 Å². The van der Waals surface area contributed by atoms with E-state index in [0.29, 0.717) is 22.6 Å². The van der Waals surface area contributed by atoms with Crippen LogP contribution in [0, 0.1) is 20.2 Å². The molecule has 0 aliphatic heterocycles. The summed E-state index contributed by atoms with van der Waals surface area (Å²) in [7, 11) is 1.35. The molecular weight excluding hydrogens is 354 g/mol. The van der Waals surface area contributed by atoms with Gasteiger partial charge in [0.2, 0.25) is 0 Å². The first-order valence-corrected chi connectivity index (χ1v) is 7.66. The van der Waals surface area contributed by atoms with Gasteiger partial charge in [-0.1, -0.05) is 29.4 Å². The van der Waals surface area contributed by atoms with Crippen LogP contribution in [0.3, 0.4) is 0 Å². The number of non-ortho nitro benzene ring substituents is 2. The van der Waals surface area contributed by atoms with Crippen LogP contribution in [0.25, 0.3) is 11.3 Å². The van der Waals surface area contributed by atoms with Crippen molar-refractivity contribution in [2.24, 2.45) is 5.16 Å². The zero-order valence-corrected chi connectivity index (χ0v) is 14.0. The molecule has 1 heterocycles. The van der Waals surface area contributed by atoms with Crippen molar-refractivity contribution in [1.82, 2.24) is 9.97 Å². The highest BCUT2D eigenvalue weighted by Crippen LogP contribution is 2.23. The van der Waals surface area contributed by atoms with Gasteiger partial charge in [0.25, 0.3) is 11.4 Å². The van der Waals surface area contributed by atoms with Crippen molar-refractivity contribution in [3.8, 4) is 11.3 Å². The molecule has 0 bridgehead atoms. The van der Waals surface area contributed by atoms with Gasteiger partial charge in [0, 0.05) is 35.4 Å². The summed E-state index contributed by atoms with van der Waals surface area (Å²) < 4.78 is 0. The monoisotopic (exact) mass is 367 g/mol. The van der Waals surface area contributed by atoms with E-state index < -0.39 is 9.85 Å². The van der Waals surface area contributed by atoms with Gasteiger partial charge in [-0.15, -0.1) is 0 Å². The quantitative estimate of drug-likeness (QED) is 0.403. The summed E-state index contributed by atoms with van der Waals surface area (Å²) in [6.45, 7) is 0. The molecule has 0 fully saturated rings. The summed E-state index contributed by atoms with van der Waals surface area (Å²) in [4.78, 5) is 33.0. The molecule has 0 aliphatic rings. The van der Waals surface area contributed by atoms with Gasteiger partial charge < -0.3 is 9.82 Å². The van der Waals surface area contributed by atoms with Crippen molar-refractivity contribution < 1.29 is 14.7 Å². The molecule has 10 nitrogen and oxygen atoms in total. The van der Waals surface area contributed by atoms with Crippen LogP contribution in [0.1, 0.15) is 11.4 Å². The van der Waals surface area contributed by atoms with Crippen LogP contribution in [-0.2, 0) is 4.84 Å². The van der Waals surface area contributed by atoms with E-state index in [1.807, 2.05) is 0 Å². The number of nitro benzene ring substituents is 2. The SMILES string of the molecule is CO/N=C(/c1cccc([N+](=O)[O-])c1)c1ncc(-c2cccc([N+](=O)[O-])c2)[nH]1. The highest BCUT2D eigenvalue weighted by atomic mass is 16.6. The lowest BCUT2D eigenvalue weighted by Gasteiger charge is -2.03. The summed E-state index contributed by atoms with van der Waals surface area (Å²) in [5.41, 5.74) is 1.65. The molecule has 1 N–H and O–H groups in total. The molecule has 2 aromatic carbocycles. The molecule has 27 heavy (non-hydrogen) atoms. The van der Waals surface area contributed by atoms with Gasteiger partial charge in [-0.25, -0.2) is 4.98 Å². The molecule has 0 radical (unpaired) electrons. The molecule has 0 spiro atoms. The van der Waals surface area contributed by atoms with Crippen molar-refractivity contribution in [3.63, 3.8) is 0 Å². The molecular formula is C17H13N5O5. The fourth-order valence-electron chi connectivity index (χ4n) is 2.47. The maximum atomic E-state index is 11.0. The number of nitrogens with one attached hydrogen (secondary N) is 1. The second-order valence-corrected chi connectivity index (χ2v) is 5.38. The first-order valence-electron chi connectivity index (χ1n) is 7.66. The van der Waals surface area contributed by atoms with Crippen LogP contribution in [0.5, 0.6) is 0 Å². The minimum atomic E-state index is -0.509. The number of aromatic nitrogens is 2. The normalized spacial score (nSPS) is 11.2. The summed E-state index contributed by atoms with van der Waals surface area (Å²) >= 11 is 0. The Labute approximate surface area is 152 Å². The average molecular weight is 367 g/mol. The molecule has 1 aromatic heterocycles. The number of H-pyrrole nitrogens is 1. The van der Waals surface area contributed by atoms with E-state index in [9.17, 15) is 20.2 Å². The van der Waals surface area contributed by atoms with Gasteiger partial charge in [0.1, 0.15) is 7.11 Å². The zero-order chi connectivity index (χ0) is 19.4. The molecule has 0 amide bonds. The molecule has 0 saturated carbocycles. The standard InChI is InChI=1S/C17H13N5O5/c1-27-20-16(12-5-3-7-14(9-12)22(25)26)17-18-10-15(19-17)11-4-2-6-13(8-11)21(23)24/h2-10H,1H3,(H,18,19)/b20-16-. The lowest BCUT2D eigenvalue weighted by Crippen LogP contribution is -2.07. The number of nitrogens with zero attached hydrogens (tertiary/aromatic N) is 4. The van der Waals surface area contributed by atoms with Gasteiger partial charge in [-0.3, -0.25) is 20.2 Å². The summed E-state index contributed by atoms with van der Waals surface area (Å²) in [6.07, 6.45) is 1.50. The third-order valence-corrected chi connectivity index (χ3v) is 3.68. The predicted octanol–water partition coefficient (Wildman–Crippen LogP) is 3.29. The average Bonchev–Trinajstić information content (AvgIpc) is 3.16. The smallest absolute Gasteiger partial charge is 0.270 e. The number of hydrogen-bond donors (Lipinski definition) is 1. The highest BCUT2D eigenvalue weighted by molar-refractivity contribution is 6.10. The number of benzene rings is 2. The van der Waals surface area contributed by atoms with Crippen LogP contribution in [-0.4, -0.2) is 32.6 Å². The molecule has 0 saturated heterocycles. The fraction of sp³-hybridized carbons (Fsp3) is 0.0588. The number of nitro groups is 2. The van der Waals surface area contributed by atoms with Crippen molar-refractivity contribution in [2.45, 2.75) is 0 Å². The Balaban J connectivity index is 2.01. The van der Waals surface area contributed by atoms with E-state index in [4.69, 9.17) is 4.84 Å². The van der Waals surface area contributed by atoms with Gasteiger partial charge >= 0.3 is 0 Å². The van der Waals surface area contributed by atoms with Gasteiger partial charge in [-0.05, 0) is 0 Å².